The third-order valence-corrected chi connectivity index (χ3v) is 5.00. The van der Waals surface area contributed by atoms with E-state index in [9.17, 15) is 18.0 Å². The lowest BCUT2D eigenvalue weighted by Crippen LogP contribution is -2.34. The van der Waals surface area contributed by atoms with Crippen molar-refractivity contribution in [3.05, 3.63) is 65.2 Å². The zero-order valence-electron chi connectivity index (χ0n) is 15.1. The van der Waals surface area contributed by atoms with Gasteiger partial charge in [-0.05, 0) is 54.8 Å². The summed E-state index contributed by atoms with van der Waals surface area (Å²) < 4.78 is 43.3. The Balaban J connectivity index is 1.75. The minimum Gasteiger partial charge on any atom is -0.497 e. The van der Waals surface area contributed by atoms with Gasteiger partial charge in [-0.15, -0.1) is 0 Å². The SMILES string of the molecule is COc1ccc(C2CCCCN(C(=O)c3ccc(C(F)(F)F)cc3)C2)cc1. The van der Waals surface area contributed by atoms with Gasteiger partial charge in [-0.2, -0.15) is 13.2 Å². The van der Waals surface area contributed by atoms with Crippen LogP contribution in [0.25, 0.3) is 0 Å². The normalized spacial score (nSPS) is 18.1. The van der Waals surface area contributed by atoms with Crippen LogP contribution in [0.4, 0.5) is 13.2 Å². The number of hydrogen-bond acceptors (Lipinski definition) is 2. The molecule has 0 spiro atoms. The van der Waals surface area contributed by atoms with Crippen LogP contribution in [-0.4, -0.2) is 31.0 Å². The average Bonchev–Trinajstić information content (AvgIpc) is 2.93. The lowest BCUT2D eigenvalue weighted by atomic mass is 9.94. The quantitative estimate of drug-likeness (QED) is 0.743. The van der Waals surface area contributed by atoms with Gasteiger partial charge in [0.05, 0.1) is 12.7 Å². The summed E-state index contributed by atoms with van der Waals surface area (Å²) in [5, 5.41) is 0. The topological polar surface area (TPSA) is 29.5 Å². The largest absolute Gasteiger partial charge is 0.497 e. The number of methoxy groups -OCH3 is 1. The van der Waals surface area contributed by atoms with Gasteiger partial charge in [0.15, 0.2) is 0 Å². The summed E-state index contributed by atoms with van der Waals surface area (Å²) in [5.74, 6) is 0.769. The van der Waals surface area contributed by atoms with Crippen LogP contribution >= 0.6 is 0 Å². The van der Waals surface area contributed by atoms with E-state index in [4.69, 9.17) is 4.74 Å². The third-order valence-electron chi connectivity index (χ3n) is 5.00. The van der Waals surface area contributed by atoms with Crippen molar-refractivity contribution in [2.45, 2.75) is 31.4 Å². The van der Waals surface area contributed by atoms with Crippen molar-refractivity contribution in [3.8, 4) is 5.75 Å². The fraction of sp³-hybridized carbons (Fsp3) is 0.381. The summed E-state index contributed by atoms with van der Waals surface area (Å²) in [5.41, 5.74) is 0.687. The molecule has 27 heavy (non-hydrogen) atoms. The molecule has 1 aliphatic rings. The number of ether oxygens (including phenoxy) is 1. The molecule has 0 saturated carbocycles. The van der Waals surface area contributed by atoms with E-state index in [0.29, 0.717) is 18.7 Å². The maximum absolute atomic E-state index is 12.8. The number of hydrogen-bond donors (Lipinski definition) is 0. The summed E-state index contributed by atoms with van der Waals surface area (Å²) >= 11 is 0. The van der Waals surface area contributed by atoms with Crippen LogP contribution in [-0.2, 0) is 6.18 Å². The monoisotopic (exact) mass is 377 g/mol. The minimum absolute atomic E-state index is 0.205. The zero-order valence-corrected chi connectivity index (χ0v) is 15.1. The van der Waals surface area contributed by atoms with Crippen LogP contribution in [0.3, 0.4) is 0 Å². The third kappa shape index (κ3) is 4.62. The average molecular weight is 377 g/mol. The van der Waals surface area contributed by atoms with Gasteiger partial charge in [-0.25, -0.2) is 0 Å². The smallest absolute Gasteiger partial charge is 0.416 e. The van der Waals surface area contributed by atoms with Gasteiger partial charge in [-0.3, -0.25) is 4.79 Å². The Labute approximate surface area is 156 Å². The van der Waals surface area contributed by atoms with Crippen molar-refractivity contribution < 1.29 is 22.7 Å². The highest BCUT2D eigenvalue weighted by molar-refractivity contribution is 5.94. The number of nitrogens with zero attached hydrogens (tertiary/aromatic N) is 1. The van der Waals surface area contributed by atoms with E-state index in [1.807, 2.05) is 24.3 Å². The Morgan fingerprint density at radius 2 is 1.70 bits per heavy atom. The van der Waals surface area contributed by atoms with E-state index in [1.165, 1.54) is 12.1 Å². The van der Waals surface area contributed by atoms with Crippen LogP contribution in [0.2, 0.25) is 0 Å². The predicted molar refractivity (Wildman–Crippen MR) is 96.9 cm³/mol. The highest BCUT2D eigenvalue weighted by atomic mass is 19.4. The van der Waals surface area contributed by atoms with E-state index in [1.54, 1.807) is 12.0 Å². The molecule has 1 heterocycles. The maximum Gasteiger partial charge on any atom is 0.416 e. The van der Waals surface area contributed by atoms with E-state index in [-0.39, 0.29) is 11.8 Å². The first-order valence-electron chi connectivity index (χ1n) is 8.99. The van der Waals surface area contributed by atoms with Gasteiger partial charge < -0.3 is 9.64 Å². The summed E-state index contributed by atoms with van der Waals surface area (Å²) in [4.78, 5) is 14.6. The maximum atomic E-state index is 12.8. The zero-order chi connectivity index (χ0) is 19.4. The van der Waals surface area contributed by atoms with E-state index < -0.39 is 11.7 Å². The molecule has 0 radical (unpaired) electrons. The molecular formula is C21H22F3NO2. The molecule has 1 saturated heterocycles. The molecule has 6 heteroatoms. The molecule has 3 nitrogen and oxygen atoms in total. The van der Waals surface area contributed by atoms with E-state index in [0.717, 1.165) is 42.7 Å². The Morgan fingerprint density at radius 3 is 2.30 bits per heavy atom. The van der Waals surface area contributed by atoms with Crippen LogP contribution < -0.4 is 4.74 Å². The van der Waals surface area contributed by atoms with Crippen LogP contribution in [0.5, 0.6) is 5.75 Å². The molecule has 1 aliphatic heterocycles. The molecule has 1 amide bonds. The van der Waals surface area contributed by atoms with Crippen molar-refractivity contribution in [1.29, 1.82) is 0 Å². The second-order valence-electron chi connectivity index (χ2n) is 6.79. The molecule has 144 valence electrons. The second-order valence-corrected chi connectivity index (χ2v) is 6.79. The molecule has 0 aliphatic carbocycles. The first-order valence-corrected chi connectivity index (χ1v) is 8.99. The van der Waals surface area contributed by atoms with Gasteiger partial charge in [0.1, 0.15) is 5.75 Å². The summed E-state index contributed by atoms with van der Waals surface area (Å²) in [6.07, 6.45) is -1.53. The lowest BCUT2D eigenvalue weighted by molar-refractivity contribution is -0.137. The van der Waals surface area contributed by atoms with Gasteiger partial charge in [0.25, 0.3) is 5.91 Å². The van der Waals surface area contributed by atoms with Crippen molar-refractivity contribution in [2.75, 3.05) is 20.2 Å². The summed E-state index contributed by atoms with van der Waals surface area (Å²) in [7, 11) is 1.62. The number of carbonyl (C=O) groups excluding carboxylic acids is 1. The summed E-state index contributed by atoms with van der Waals surface area (Å²) in [6, 6.07) is 12.3. The lowest BCUT2D eigenvalue weighted by Gasteiger charge is -2.25. The van der Waals surface area contributed by atoms with Gasteiger partial charge in [-0.1, -0.05) is 18.6 Å². The van der Waals surface area contributed by atoms with Crippen LogP contribution in [0.15, 0.2) is 48.5 Å². The van der Waals surface area contributed by atoms with Crippen molar-refractivity contribution in [3.63, 3.8) is 0 Å². The Hall–Kier alpha value is -2.50. The van der Waals surface area contributed by atoms with E-state index >= 15 is 0 Å². The van der Waals surface area contributed by atoms with Crippen LogP contribution in [0, 0.1) is 0 Å². The molecule has 0 aromatic heterocycles. The number of rotatable bonds is 3. The first kappa shape index (κ1) is 19.3. The molecule has 2 aromatic carbocycles. The Kier molecular flexibility index (Phi) is 5.73. The molecule has 0 bridgehead atoms. The number of carbonyl (C=O) groups is 1. The van der Waals surface area contributed by atoms with Crippen molar-refractivity contribution >= 4 is 5.91 Å². The number of alkyl halides is 3. The van der Waals surface area contributed by atoms with Gasteiger partial charge >= 0.3 is 6.18 Å². The molecule has 1 atom stereocenters. The fourth-order valence-corrected chi connectivity index (χ4v) is 3.46. The summed E-state index contributed by atoms with van der Waals surface area (Å²) in [6.45, 7) is 1.18. The second kappa shape index (κ2) is 8.03. The number of amides is 1. The van der Waals surface area contributed by atoms with Crippen LogP contribution in [0.1, 0.15) is 46.7 Å². The Morgan fingerprint density at radius 1 is 1.04 bits per heavy atom. The molecule has 3 rings (SSSR count). The molecule has 1 fully saturated rings. The predicted octanol–water partition coefficient (Wildman–Crippen LogP) is 5.12. The molecule has 1 unspecified atom stereocenters. The molecular weight excluding hydrogens is 355 g/mol. The van der Waals surface area contributed by atoms with Gasteiger partial charge in [0, 0.05) is 24.6 Å². The number of benzene rings is 2. The molecule has 2 aromatic rings. The highest BCUT2D eigenvalue weighted by Crippen LogP contribution is 2.31. The van der Waals surface area contributed by atoms with E-state index in [2.05, 4.69) is 0 Å². The highest BCUT2D eigenvalue weighted by Gasteiger charge is 2.31. The fourth-order valence-electron chi connectivity index (χ4n) is 3.46. The van der Waals surface area contributed by atoms with Gasteiger partial charge in [0.2, 0.25) is 0 Å². The molecule has 0 N–H and O–H groups in total. The number of likely N-dealkylation sites (tertiary alicyclic amines) is 1. The van der Waals surface area contributed by atoms with Crippen molar-refractivity contribution in [1.82, 2.24) is 4.90 Å². The standard InChI is InChI=1S/C21H22F3NO2/c1-27-19-11-7-15(8-12-19)17-4-2-3-13-25(14-17)20(26)16-5-9-18(10-6-16)21(22,23)24/h5-12,17H,2-4,13-14H2,1H3. The first-order chi connectivity index (χ1) is 12.9. The minimum atomic E-state index is -4.40. The van der Waals surface area contributed by atoms with Crippen molar-refractivity contribution in [2.24, 2.45) is 0 Å². The number of halogens is 3. The Bertz CT molecular complexity index is 770.